The third-order valence-electron chi connectivity index (χ3n) is 5.20. The predicted molar refractivity (Wildman–Crippen MR) is 106 cm³/mol. The standard InChI is InChI=1S/C23H22N2O2/c26-22(15-17-7-2-1-3-8-17)19-10-6-14-25(16-19)23(27)21-13-12-18-9-4-5-11-20(18)24-21/h1-5,7-9,11-13,19H,6,10,14-16H2/t19-/m1/s1. The minimum Gasteiger partial charge on any atom is -0.337 e. The number of fused-ring (bicyclic) bond motifs is 1. The first-order chi connectivity index (χ1) is 13.2. The molecule has 4 rings (SSSR count). The summed E-state index contributed by atoms with van der Waals surface area (Å²) in [5.74, 6) is 0.0338. The molecule has 1 amide bonds. The maximum Gasteiger partial charge on any atom is 0.272 e. The summed E-state index contributed by atoms with van der Waals surface area (Å²) in [6.45, 7) is 1.17. The Hall–Kier alpha value is -3.01. The smallest absolute Gasteiger partial charge is 0.272 e. The van der Waals surface area contributed by atoms with Crippen molar-refractivity contribution in [1.82, 2.24) is 9.88 Å². The molecule has 4 nitrogen and oxygen atoms in total. The zero-order chi connectivity index (χ0) is 18.6. The number of carbonyl (C=O) groups excluding carboxylic acids is 2. The molecule has 0 radical (unpaired) electrons. The molecule has 0 N–H and O–H groups in total. The van der Waals surface area contributed by atoms with Crippen molar-refractivity contribution in [3.05, 3.63) is 78.0 Å². The molecule has 2 aromatic carbocycles. The third kappa shape index (κ3) is 3.90. The molecule has 0 aliphatic carbocycles. The van der Waals surface area contributed by atoms with E-state index in [-0.39, 0.29) is 17.6 Å². The van der Waals surface area contributed by atoms with Crippen molar-refractivity contribution in [3.63, 3.8) is 0 Å². The van der Waals surface area contributed by atoms with Crippen LogP contribution in [-0.2, 0) is 11.2 Å². The van der Waals surface area contributed by atoms with Crippen molar-refractivity contribution in [2.45, 2.75) is 19.3 Å². The van der Waals surface area contributed by atoms with Gasteiger partial charge in [-0.1, -0.05) is 54.6 Å². The van der Waals surface area contributed by atoms with Crippen molar-refractivity contribution >= 4 is 22.6 Å². The topological polar surface area (TPSA) is 50.3 Å². The third-order valence-corrected chi connectivity index (χ3v) is 5.20. The van der Waals surface area contributed by atoms with Gasteiger partial charge in [0.15, 0.2) is 0 Å². The van der Waals surface area contributed by atoms with Gasteiger partial charge in [-0.3, -0.25) is 9.59 Å². The largest absolute Gasteiger partial charge is 0.337 e. The van der Waals surface area contributed by atoms with Gasteiger partial charge < -0.3 is 4.90 Å². The fraction of sp³-hybridized carbons (Fsp3) is 0.261. The molecule has 1 aliphatic heterocycles. The molecule has 136 valence electrons. The number of para-hydroxylation sites is 1. The summed E-state index contributed by atoms with van der Waals surface area (Å²) in [5.41, 5.74) is 2.30. The first-order valence-corrected chi connectivity index (χ1v) is 9.42. The lowest BCUT2D eigenvalue weighted by atomic mass is 9.90. The molecule has 1 aliphatic rings. The molecule has 1 fully saturated rings. The number of likely N-dealkylation sites (tertiary alicyclic amines) is 1. The fourth-order valence-corrected chi connectivity index (χ4v) is 3.71. The van der Waals surface area contributed by atoms with Crippen LogP contribution in [0.5, 0.6) is 0 Å². The van der Waals surface area contributed by atoms with Crippen LogP contribution in [0.2, 0.25) is 0 Å². The lowest BCUT2D eigenvalue weighted by Gasteiger charge is -2.32. The first-order valence-electron chi connectivity index (χ1n) is 9.42. The molecule has 0 spiro atoms. The normalized spacial score (nSPS) is 17.0. The maximum absolute atomic E-state index is 12.9. The van der Waals surface area contributed by atoms with Gasteiger partial charge in [0, 0.05) is 30.8 Å². The van der Waals surface area contributed by atoms with Crippen LogP contribution in [0.4, 0.5) is 0 Å². The zero-order valence-electron chi connectivity index (χ0n) is 15.2. The van der Waals surface area contributed by atoms with E-state index in [0.29, 0.717) is 25.2 Å². The Bertz CT molecular complexity index is 968. The Labute approximate surface area is 158 Å². The highest BCUT2D eigenvalue weighted by molar-refractivity contribution is 5.95. The number of ketones is 1. The maximum atomic E-state index is 12.9. The van der Waals surface area contributed by atoms with Crippen LogP contribution in [0, 0.1) is 5.92 Å². The molecule has 0 unspecified atom stereocenters. The molecule has 0 bridgehead atoms. The molecule has 27 heavy (non-hydrogen) atoms. The summed E-state index contributed by atoms with van der Waals surface area (Å²) in [7, 11) is 0. The molecular formula is C23H22N2O2. The number of aromatic nitrogens is 1. The highest BCUT2D eigenvalue weighted by Gasteiger charge is 2.29. The van der Waals surface area contributed by atoms with Gasteiger partial charge in [-0.2, -0.15) is 0 Å². The van der Waals surface area contributed by atoms with Gasteiger partial charge in [0.05, 0.1) is 5.52 Å². The van der Waals surface area contributed by atoms with Gasteiger partial charge in [0.1, 0.15) is 11.5 Å². The number of benzene rings is 2. The molecule has 4 heteroatoms. The summed E-state index contributed by atoms with van der Waals surface area (Å²) in [4.78, 5) is 31.9. The molecular weight excluding hydrogens is 336 g/mol. The van der Waals surface area contributed by atoms with Gasteiger partial charge in [-0.05, 0) is 30.5 Å². The minimum atomic E-state index is -0.0941. The van der Waals surface area contributed by atoms with Gasteiger partial charge in [-0.15, -0.1) is 0 Å². The van der Waals surface area contributed by atoms with E-state index in [1.165, 1.54) is 0 Å². The van der Waals surface area contributed by atoms with Crippen LogP contribution in [0.1, 0.15) is 28.9 Å². The number of nitrogens with zero attached hydrogens (tertiary/aromatic N) is 2. The highest BCUT2D eigenvalue weighted by Crippen LogP contribution is 2.21. The summed E-state index contributed by atoms with van der Waals surface area (Å²) < 4.78 is 0. The van der Waals surface area contributed by atoms with Gasteiger partial charge >= 0.3 is 0 Å². The summed E-state index contributed by atoms with van der Waals surface area (Å²) in [6.07, 6.45) is 2.13. The molecule has 1 atom stereocenters. The zero-order valence-corrected chi connectivity index (χ0v) is 15.2. The second-order valence-corrected chi connectivity index (χ2v) is 7.11. The molecule has 1 saturated heterocycles. The lowest BCUT2D eigenvalue weighted by Crippen LogP contribution is -2.43. The SMILES string of the molecule is O=C(Cc1ccccc1)[C@@H]1CCCN(C(=O)c2ccc3ccccc3n2)C1. The fourth-order valence-electron chi connectivity index (χ4n) is 3.71. The number of pyridine rings is 1. The summed E-state index contributed by atoms with van der Waals surface area (Å²) in [6, 6.07) is 21.3. The molecule has 2 heterocycles. The Morgan fingerprint density at radius 2 is 1.74 bits per heavy atom. The Morgan fingerprint density at radius 1 is 0.963 bits per heavy atom. The van der Waals surface area contributed by atoms with Crippen LogP contribution in [-0.4, -0.2) is 34.7 Å². The van der Waals surface area contributed by atoms with E-state index in [4.69, 9.17) is 0 Å². The monoisotopic (exact) mass is 358 g/mol. The Morgan fingerprint density at radius 3 is 2.59 bits per heavy atom. The predicted octanol–water partition coefficient (Wildman–Crippen LogP) is 3.90. The quantitative estimate of drug-likeness (QED) is 0.711. The Balaban J connectivity index is 1.46. The molecule has 0 saturated carbocycles. The van der Waals surface area contributed by atoms with Crippen LogP contribution in [0.3, 0.4) is 0 Å². The second-order valence-electron chi connectivity index (χ2n) is 7.11. The number of rotatable bonds is 4. The number of amides is 1. The lowest BCUT2D eigenvalue weighted by molar-refractivity contribution is -0.123. The highest BCUT2D eigenvalue weighted by atomic mass is 16.2. The molecule has 1 aromatic heterocycles. The second kappa shape index (κ2) is 7.70. The van der Waals surface area contributed by atoms with E-state index in [2.05, 4.69) is 4.98 Å². The van der Waals surface area contributed by atoms with Crippen molar-refractivity contribution < 1.29 is 9.59 Å². The van der Waals surface area contributed by atoms with E-state index in [9.17, 15) is 9.59 Å². The van der Waals surface area contributed by atoms with Gasteiger partial charge in [0.25, 0.3) is 5.91 Å². The number of hydrogen-bond acceptors (Lipinski definition) is 3. The van der Waals surface area contributed by atoms with E-state index in [1.54, 1.807) is 11.0 Å². The van der Waals surface area contributed by atoms with Crippen molar-refractivity contribution in [2.24, 2.45) is 5.92 Å². The molecule has 3 aromatic rings. The van der Waals surface area contributed by atoms with Crippen LogP contribution < -0.4 is 0 Å². The van der Waals surface area contributed by atoms with Crippen LogP contribution in [0.25, 0.3) is 10.9 Å². The van der Waals surface area contributed by atoms with Gasteiger partial charge in [0.2, 0.25) is 0 Å². The van der Waals surface area contributed by atoms with Crippen LogP contribution in [0.15, 0.2) is 66.7 Å². The average Bonchev–Trinajstić information content (AvgIpc) is 2.73. The minimum absolute atomic E-state index is 0.0852. The van der Waals surface area contributed by atoms with E-state index in [0.717, 1.165) is 29.3 Å². The number of Topliss-reactive ketones (excluding diaryl/α,β-unsaturated/α-hetero) is 1. The van der Waals surface area contributed by atoms with Gasteiger partial charge in [-0.25, -0.2) is 4.98 Å². The van der Waals surface area contributed by atoms with Crippen LogP contribution >= 0.6 is 0 Å². The average molecular weight is 358 g/mol. The van der Waals surface area contributed by atoms with Crippen molar-refractivity contribution in [1.29, 1.82) is 0 Å². The number of carbonyl (C=O) groups is 2. The van der Waals surface area contributed by atoms with Crippen molar-refractivity contribution in [2.75, 3.05) is 13.1 Å². The van der Waals surface area contributed by atoms with E-state index in [1.807, 2.05) is 60.7 Å². The number of piperidine rings is 1. The van der Waals surface area contributed by atoms with E-state index < -0.39 is 0 Å². The summed E-state index contributed by atoms with van der Waals surface area (Å²) >= 11 is 0. The van der Waals surface area contributed by atoms with E-state index >= 15 is 0 Å². The van der Waals surface area contributed by atoms with Crippen molar-refractivity contribution in [3.8, 4) is 0 Å². The summed E-state index contributed by atoms with van der Waals surface area (Å²) in [5, 5.41) is 1.02. The Kier molecular flexibility index (Phi) is 4.97. The first kappa shape index (κ1) is 17.4. The number of hydrogen-bond donors (Lipinski definition) is 0.